The van der Waals surface area contributed by atoms with Crippen LogP contribution in [0.3, 0.4) is 0 Å². The maximum Gasteiger partial charge on any atom is 0.254 e. The van der Waals surface area contributed by atoms with E-state index in [0.29, 0.717) is 71.4 Å². The van der Waals surface area contributed by atoms with Crippen molar-refractivity contribution >= 4 is 28.4 Å². The summed E-state index contributed by atoms with van der Waals surface area (Å²) in [6.07, 6.45) is 6.41. The molecule has 1 N–H and O–H groups in total. The third-order valence-corrected chi connectivity index (χ3v) is 5.46. The Morgan fingerprint density at radius 3 is 2.83 bits per heavy atom. The zero-order valence-corrected chi connectivity index (χ0v) is 18.7. The van der Waals surface area contributed by atoms with Crippen LogP contribution >= 0.6 is 0 Å². The van der Waals surface area contributed by atoms with Crippen molar-refractivity contribution in [1.29, 1.82) is 5.26 Å². The van der Waals surface area contributed by atoms with Crippen LogP contribution in [-0.2, 0) is 11.3 Å². The van der Waals surface area contributed by atoms with Gasteiger partial charge in [0.2, 0.25) is 5.95 Å². The van der Waals surface area contributed by atoms with Gasteiger partial charge in [-0.2, -0.15) is 5.26 Å². The fourth-order valence-corrected chi connectivity index (χ4v) is 3.69. The zero-order chi connectivity index (χ0) is 24.0. The molecule has 0 atom stereocenters. The molecule has 4 aromatic rings. The van der Waals surface area contributed by atoms with Crippen LogP contribution < -0.4 is 10.1 Å². The van der Waals surface area contributed by atoms with E-state index in [-0.39, 0.29) is 12.5 Å². The molecule has 1 aliphatic heterocycles. The number of carbonyl (C=O) groups excluding carboxylic acids is 1. The highest BCUT2D eigenvalue weighted by Crippen LogP contribution is 2.26. The van der Waals surface area contributed by atoms with E-state index < -0.39 is 0 Å². The number of fused-ring (bicyclic) bond motifs is 1. The van der Waals surface area contributed by atoms with E-state index in [2.05, 4.69) is 31.3 Å². The second-order valence-corrected chi connectivity index (χ2v) is 7.81. The molecule has 10 nitrogen and oxygen atoms in total. The summed E-state index contributed by atoms with van der Waals surface area (Å²) in [6, 6.07) is 12.8. The van der Waals surface area contributed by atoms with Gasteiger partial charge in [-0.05, 0) is 24.3 Å². The molecule has 2 aromatic heterocycles. The minimum atomic E-state index is -0.0368. The van der Waals surface area contributed by atoms with Crippen LogP contribution in [0.15, 0.2) is 61.2 Å². The first-order chi connectivity index (χ1) is 17.2. The molecule has 0 saturated carbocycles. The Labute approximate surface area is 201 Å². The van der Waals surface area contributed by atoms with Gasteiger partial charge in [-0.15, -0.1) is 0 Å². The number of morpholine rings is 1. The Hall–Kier alpha value is -4.62. The Morgan fingerprint density at radius 1 is 1.14 bits per heavy atom. The molecular weight excluding hydrogens is 446 g/mol. The number of hydrogen-bond acceptors (Lipinski definition) is 9. The fourth-order valence-electron chi connectivity index (χ4n) is 3.69. The van der Waals surface area contributed by atoms with Crippen LogP contribution in [0.4, 0.5) is 11.6 Å². The van der Waals surface area contributed by atoms with Crippen LogP contribution in [-0.4, -0.2) is 57.0 Å². The van der Waals surface area contributed by atoms with Crippen LogP contribution in [0, 0.1) is 11.3 Å². The summed E-state index contributed by atoms with van der Waals surface area (Å²) < 4.78 is 11.2. The van der Waals surface area contributed by atoms with Crippen LogP contribution in [0.5, 0.6) is 5.75 Å². The number of nitriles is 1. The number of anilines is 2. The fraction of sp³-hybridized carbons (Fsp3) is 0.200. The van der Waals surface area contributed by atoms with Crippen molar-refractivity contribution in [3.63, 3.8) is 0 Å². The number of nitrogens with zero attached hydrogens (tertiary/aromatic N) is 6. The maximum absolute atomic E-state index is 12.8. The number of carbonyl (C=O) groups is 1. The molecule has 10 heteroatoms. The van der Waals surface area contributed by atoms with E-state index in [0.717, 1.165) is 0 Å². The molecule has 2 aromatic carbocycles. The van der Waals surface area contributed by atoms with E-state index in [1.54, 1.807) is 54.0 Å². The van der Waals surface area contributed by atoms with Gasteiger partial charge in [-0.1, -0.05) is 6.07 Å². The number of nitrogens with one attached hydrogen (secondary N) is 1. The molecule has 0 spiro atoms. The van der Waals surface area contributed by atoms with Crippen molar-refractivity contribution in [3.8, 4) is 11.8 Å². The van der Waals surface area contributed by atoms with Gasteiger partial charge in [-0.25, -0.2) is 9.97 Å². The molecule has 5 rings (SSSR count). The lowest BCUT2D eigenvalue weighted by Gasteiger charge is -2.27. The molecule has 0 aliphatic carbocycles. The molecular formula is C25H21N7O3. The molecule has 0 radical (unpaired) electrons. The van der Waals surface area contributed by atoms with E-state index in [9.17, 15) is 10.1 Å². The Morgan fingerprint density at radius 2 is 2.03 bits per heavy atom. The molecule has 1 saturated heterocycles. The number of rotatable bonds is 6. The molecule has 1 aliphatic rings. The van der Waals surface area contributed by atoms with Gasteiger partial charge in [0.15, 0.2) is 0 Å². The minimum absolute atomic E-state index is 0.0368. The van der Waals surface area contributed by atoms with E-state index in [4.69, 9.17) is 9.47 Å². The number of aromatic nitrogens is 4. The predicted octanol–water partition coefficient (Wildman–Crippen LogP) is 3.09. The summed E-state index contributed by atoms with van der Waals surface area (Å²) in [5, 5.41) is 13.4. The van der Waals surface area contributed by atoms with E-state index in [1.807, 2.05) is 12.1 Å². The van der Waals surface area contributed by atoms with Crippen molar-refractivity contribution in [2.45, 2.75) is 6.61 Å². The summed E-state index contributed by atoms with van der Waals surface area (Å²) in [6.45, 7) is 2.43. The van der Waals surface area contributed by atoms with Crippen molar-refractivity contribution in [2.24, 2.45) is 0 Å². The van der Waals surface area contributed by atoms with Gasteiger partial charge < -0.3 is 19.7 Å². The van der Waals surface area contributed by atoms with Gasteiger partial charge in [0.05, 0.1) is 36.2 Å². The second-order valence-electron chi connectivity index (χ2n) is 7.81. The highest BCUT2D eigenvalue weighted by Gasteiger charge is 2.18. The number of hydrogen-bond donors (Lipinski definition) is 1. The molecule has 1 amide bonds. The monoisotopic (exact) mass is 467 g/mol. The lowest BCUT2D eigenvalue weighted by molar-refractivity contribution is 0.0303. The summed E-state index contributed by atoms with van der Waals surface area (Å²) in [5.41, 5.74) is 2.90. The van der Waals surface area contributed by atoms with Gasteiger partial charge >= 0.3 is 0 Å². The first-order valence-electron chi connectivity index (χ1n) is 11.0. The molecule has 0 unspecified atom stereocenters. The Kier molecular flexibility index (Phi) is 6.41. The molecule has 174 valence electrons. The Bertz CT molecular complexity index is 1400. The summed E-state index contributed by atoms with van der Waals surface area (Å²) in [4.78, 5) is 31.7. The van der Waals surface area contributed by atoms with Crippen LogP contribution in [0.2, 0.25) is 0 Å². The number of benzene rings is 2. The third-order valence-electron chi connectivity index (χ3n) is 5.46. The highest BCUT2D eigenvalue weighted by molar-refractivity contribution is 5.95. The molecule has 0 bridgehead atoms. The maximum atomic E-state index is 12.8. The minimum Gasteiger partial charge on any atom is -0.486 e. The smallest absolute Gasteiger partial charge is 0.254 e. The molecule has 1 fully saturated rings. The summed E-state index contributed by atoms with van der Waals surface area (Å²) in [5.74, 6) is 0.719. The largest absolute Gasteiger partial charge is 0.486 e. The predicted molar refractivity (Wildman–Crippen MR) is 127 cm³/mol. The lowest BCUT2D eigenvalue weighted by atomic mass is 10.1. The summed E-state index contributed by atoms with van der Waals surface area (Å²) >= 11 is 0. The van der Waals surface area contributed by atoms with Gasteiger partial charge in [0.25, 0.3) is 5.91 Å². The highest BCUT2D eigenvalue weighted by atomic mass is 16.5. The van der Waals surface area contributed by atoms with Crippen molar-refractivity contribution in [1.82, 2.24) is 24.8 Å². The molecule has 3 heterocycles. The average Bonchev–Trinajstić information content (AvgIpc) is 2.92. The zero-order valence-electron chi connectivity index (χ0n) is 18.7. The van der Waals surface area contributed by atoms with Gasteiger partial charge in [0.1, 0.15) is 18.4 Å². The topological polar surface area (TPSA) is 126 Å². The van der Waals surface area contributed by atoms with E-state index in [1.165, 1.54) is 0 Å². The first-order valence-corrected chi connectivity index (χ1v) is 11.0. The van der Waals surface area contributed by atoms with Crippen molar-refractivity contribution < 1.29 is 14.3 Å². The second kappa shape index (κ2) is 10.1. The van der Waals surface area contributed by atoms with Crippen molar-refractivity contribution in [3.05, 3.63) is 78.0 Å². The number of ether oxygens (including phenoxy) is 2. The third kappa shape index (κ3) is 5.15. The lowest BCUT2D eigenvalue weighted by Crippen LogP contribution is -2.40. The Balaban J connectivity index is 1.36. The number of amides is 1. The standard InChI is InChI=1S/C25H21N7O3/c26-13-18-10-19-14-29-25(31-22(19)12-23(18)35-16-21-15-27-4-5-28-21)30-20-3-1-2-17(11-20)24(33)32-6-8-34-9-7-32/h1-5,10-12,14-15H,6-9,16H2,(H,29,30,31). The SMILES string of the molecule is N#Cc1cc2cnc(Nc3cccc(C(=O)N4CCOCC4)c3)nc2cc1OCc1cnccn1. The first kappa shape index (κ1) is 22.2. The summed E-state index contributed by atoms with van der Waals surface area (Å²) in [7, 11) is 0. The van der Waals surface area contributed by atoms with Crippen molar-refractivity contribution in [2.75, 3.05) is 31.6 Å². The van der Waals surface area contributed by atoms with Gasteiger partial charge in [0, 0.05) is 54.4 Å². The van der Waals surface area contributed by atoms with E-state index >= 15 is 0 Å². The average molecular weight is 467 g/mol. The molecule has 35 heavy (non-hydrogen) atoms. The van der Waals surface area contributed by atoms with Gasteiger partial charge in [-0.3, -0.25) is 14.8 Å². The van der Waals surface area contributed by atoms with Crippen LogP contribution in [0.1, 0.15) is 21.6 Å². The quantitative estimate of drug-likeness (QED) is 0.455. The van der Waals surface area contributed by atoms with Crippen LogP contribution in [0.25, 0.3) is 10.9 Å². The normalized spacial score (nSPS) is 13.3.